The van der Waals surface area contributed by atoms with Crippen LogP contribution in [0.1, 0.15) is 91.4 Å². The van der Waals surface area contributed by atoms with Crippen LogP contribution in [0.2, 0.25) is 0 Å². The van der Waals surface area contributed by atoms with Gasteiger partial charge in [-0.25, -0.2) is 0 Å². The van der Waals surface area contributed by atoms with Crippen LogP contribution in [-0.2, 0) is 30.5 Å². The summed E-state index contributed by atoms with van der Waals surface area (Å²) in [5.74, 6) is -0.428. The lowest BCUT2D eigenvalue weighted by molar-refractivity contribution is -0.149. The Morgan fingerprint density at radius 1 is 0.900 bits per heavy atom. The van der Waals surface area contributed by atoms with Crippen molar-refractivity contribution in [2.75, 3.05) is 0 Å². The SMILES string of the molecule is CCCCC(=O)c1c(CC(CC)(CC)C(=O)O)n(Cc2ccc(-c3ccc(C(F)(F)F)cn3)cc2)c2ccc(OCc3cnc(C)cn3)cc12. The van der Waals surface area contributed by atoms with Gasteiger partial charge in [0.15, 0.2) is 5.78 Å². The fraction of sp³-hybridized carbons (Fsp3) is 0.359. The minimum atomic E-state index is -4.47. The first-order chi connectivity index (χ1) is 23.9. The maximum Gasteiger partial charge on any atom is 0.417 e. The third-order valence-corrected chi connectivity index (χ3v) is 9.39. The number of carboxylic acid groups (broad SMARTS) is 1. The van der Waals surface area contributed by atoms with Crippen molar-refractivity contribution in [2.24, 2.45) is 5.41 Å². The standard InChI is InChI=1S/C39H41F3N4O4/c1-5-8-9-35(47)36-31-18-30(50-24-29-22-43-25(4)20-44-29)15-17-33(31)46(34(36)19-38(6-2,7-3)37(48)49)23-26-10-12-27(13-11-26)32-16-14-28(21-45-32)39(40,41)42/h10-18,20-22H,5-9,19,23-24H2,1-4H3,(H,48,49). The zero-order valence-corrected chi connectivity index (χ0v) is 28.7. The topological polar surface area (TPSA) is 107 Å². The van der Waals surface area contributed by atoms with Crippen LogP contribution in [0.4, 0.5) is 13.2 Å². The second kappa shape index (κ2) is 15.2. The summed E-state index contributed by atoms with van der Waals surface area (Å²) in [5, 5.41) is 11.1. The first-order valence-corrected chi connectivity index (χ1v) is 16.8. The summed E-state index contributed by atoms with van der Waals surface area (Å²) in [6, 6.07) is 15.2. The summed E-state index contributed by atoms with van der Waals surface area (Å²) < 4.78 is 47.3. The zero-order chi connectivity index (χ0) is 36.1. The number of rotatable bonds is 15. The minimum absolute atomic E-state index is 0.0534. The molecule has 0 spiro atoms. The van der Waals surface area contributed by atoms with Crippen LogP contribution in [0.25, 0.3) is 22.2 Å². The molecule has 0 amide bonds. The number of pyridine rings is 1. The number of unbranched alkanes of at least 4 members (excludes halogenated alkanes) is 1. The van der Waals surface area contributed by atoms with Crippen LogP contribution < -0.4 is 4.74 Å². The number of alkyl halides is 3. The fourth-order valence-corrected chi connectivity index (χ4v) is 6.16. The Morgan fingerprint density at radius 3 is 2.22 bits per heavy atom. The number of carbonyl (C=O) groups excluding carboxylic acids is 1. The van der Waals surface area contributed by atoms with E-state index in [1.54, 1.807) is 24.5 Å². The van der Waals surface area contributed by atoms with Gasteiger partial charge in [-0.2, -0.15) is 13.2 Å². The number of aliphatic carboxylic acids is 1. The van der Waals surface area contributed by atoms with Gasteiger partial charge in [-0.05, 0) is 62.1 Å². The second-order valence-corrected chi connectivity index (χ2v) is 12.6. The number of aromatic nitrogens is 4. The molecule has 0 bridgehead atoms. The Labute approximate surface area is 289 Å². The van der Waals surface area contributed by atoms with Gasteiger partial charge in [0.25, 0.3) is 0 Å². The molecule has 50 heavy (non-hydrogen) atoms. The number of halogens is 3. The van der Waals surface area contributed by atoms with Gasteiger partial charge in [-0.3, -0.25) is 24.5 Å². The lowest BCUT2D eigenvalue weighted by Crippen LogP contribution is -2.33. The van der Waals surface area contributed by atoms with Gasteiger partial charge < -0.3 is 14.4 Å². The van der Waals surface area contributed by atoms with Crippen LogP contribution in [0, 0.1) is 12.3 Å². The predicted molar refractivity (Wildman–Crippen MR) is 185 cm³/mol. The number of nitrogens with zero attached hydrogens (tertiary/aromatic N) is 4. The predicted octanol–water partition coefficient (Wildman–Crippen LogP) is 9.25. The number of carboxylic acids is 1. The number of ketones is 1. The van der Waals surface area contributed by atoms with Gasteiger partial charge in [0, 0.05) is 59.5 Å². The molecular weight excluding hydrogens is 645 g/mol. The van der Waals surface area contributed by atoms with Crippen molar-refractivity contribution >= 4 is 22.7 Å². The summed E-state index contributed by atoms with van der Waals surface area (Å²) in [6.07, 6.45) is 2.42. The molecule has 0 aliphatic rings. The second-order valence-electron chi connectivity index (χ2n) is 12.6. The van der Waals surface area contributed by atoms with E-state index in [9.17, 15) is 27.9 Å². The van der Waals surface area contributed by atoms with E-state index in [1.807, 2.05) is 62.6 Å². The van der Waals surface area contributed by atoms with Gasteiger partial charge >= 0.3 is 12.1 Å². The summed E-state index contributed by atoms with van der Waals surface area (Å²) >= 11 is 0. The lowest BCUT2D eigenvalue weighted by atomic mass is 9.77. The molecule has 0 aliphatic carbocycles. The van der Waals surface area contributed by atoms with E-state index in [1.165, 1.54) is 6.07 Å². The van der Waals surface area contributed by atoms with Crippen molar-refractivity contribution in [1.29, 1.82) is 0 Å². The third-order valence-electron chi connectivity index (χ3n) is 9.39. The number of carbonyl (C=O) groups is 2. The minimum Gasteiger partial charge on any atom is -0.487 e. The van der Waals surface area contributed by atoms with Gasteiger partial charge in [-0.15, -0.1) is 0 Å². The highest BCUT2D eigenvalue weighted by atomic mass is 19.4. The van der Waals surface area contributed by atoms with Gasteiger partial charge in [-0.1, -0.05) is 51.5 Å². The third kappa shape index (κ3) is 7.87. The molecule has 2 aromatic carbocycles. The van der Waals surface area contributed by atoms with E-state index in [0.717, 1.165) is 35.5 Å². The smallest absolute Gasteiger partial charge is 0.417 e. The molecule has 0 radical (unpaired) electrons. The number of Topliss-reactive ketones (excluding diaryl/α,β-unsaturated/α-hetero) is 1. The molecule has 3 heterocycles. The highest BCUT2D eigenvalue weighted by molar-refractivity contribution is 6.10. The lowest BCUT2D eigenvalue weighted by Gasteiger charge is -2.28. The maximum absolute atomic E-state index is 14.0. The van der Waals surface area contributed by atoms with Crippen molar-refractivity contribution in [3.63, 3.8) is 0 Å². The largest absolute Gasteiger partial charge is 0.487 e. The summed E-state index contributed by atoms with van der Waals surface area (Å²) in [5.41, 5.74) is 3.38. The van der Waals surface area contributed by atoms with E-state index < -0.39 is 23.1 Å². The van der Waals surface area contributed by atoms with E-state index in [2.05, 4.69) is 15.0 Å². The Balaban J connectivity index is 1.59. The maximum atomic E-state index is 14.0. The van der Waals surface area contributed by atoms with Crippen LogP contribution >= 0.6 is 0 Å². The molecule has 11 heteroatoms. The molecule has 0 aliphatic heterocycles. The Kier molecular flexibility index (Phi) is 11.0. The van der Waals surface area contributed by atoms with Crippen molar-refractivity contribution in [1.82, 2.24) is 19.5 Å². The summed E-state index contributed by atoms with van der Waals surface area (Å²) in [7, 11) is 0. The Morgan fingerprint density at radius 2 is 1.64 bits per heavy atom. The number of fused-ring (bicyclic) bond motifs is 1. The van der Waals surface area contributed by atoms with E-state index in [-0.39, 0.29) is 18.8 Å². The molecule has 5 rings (SSSR count). The molecular formula is C39H41F3N4O4. The Hall–Kier alpha value is -5.06. The number of ether oxygens (including phenoxy) is 1. The van der Waals surface area contributed by atoms with Crippen molar-refractivity contribution in [3.8, 4) is 17.0 Å². The first kappa shape index (κ1) is 36.2. The van der Waals surface area contributed by atoms with Gasteiger partial charge in [0.05, 0.1) is 34.3 Å². The number of aryl methyl sites for hydroxylation is 1. The highest BCUT2D eigenvalue weighted by Gasteiger charge is 2.38. The highest BCUT2D eigenvalue weighted by Crippen LogP contribution is 2.39. The van der Waals surface area contributed by atoms with Crippen LogP contribution in [0.15, 0.2) is 73.2 Å². The van der Waals surface area contributed by atoms with E-state index in [0.29, 0.717) is 71.6 Å². The normalized spacial score (nSPS) is 12.0. The molecule has 5 aromatic rings. The van der Waals surface area contributed by atoms with Gasteiger partial charge in [0.2, 0.25) is 0 Å². The summed E-state index contributed by atoms with van der Waals surface area (Å²) in [6.45, 7) is 8.10. The number of hydrogen-bond acceptors (Lipinski definition) is 6. The quantitative estimate of drug-likeness (QED) is 0.109. The molecule has 0 saturated heterocycles. The van der Waals surface area contributed by atoms with Crippen LogP contribution in [-0.4, -0.2) is 36.4 Å². The van der Waals surface area contributed by atoms with E-state index in [4.69, 9.17) is 4.74 Å². The zero-order valence-electron chi connectivity index (χ0n) is 28.7. The average molecular weight is 687 g/mol. The van der Waals surface area contributed by atoms with E-state index >= 15 is 0 Å². The number of hydrogen-bond donors (Lipinski definition) is 1. The molecule has 0 atom stereocenters. The summed E-state index contributed by atoms with van der Waals surface area (Å²) in [4.78, 5) is 39.5. The molecule has 262 valence electrons. The van der Waals surface area contributed by atoms with Crippen molar-refractivity contribution in [2.45, 2.75) is 85.5 Å². The van der Waals surface area contributed by atoms with Crippen LogP contribution in [0.5, 0.6) is 5.75 Å². The molecule has 0 fully saturated rings. The monoisotopic (exact) mass is 686 g/mol. The average Bonchev–Trinajstić information content (AvgIpc) is 3.40. The molecule has 1 N–H and O–H groups in total. The van der Waals surface area contributed by atoms with Crippen molar-refractivity contribution < 1.29 is 32.6 Å². The molecule has 0 saturated carbocycles. The van der Waals surface area contributed by atoms with Crippen molar-refractivity contribution in [3.05, 3.63) is 107 Å². The molecule has 0 unspecified atom stereocenters. The first-order valence-electron chi connectivity index (χ1n) is 16.8. The van der Waals surface area contributed by atoms with Gasteiger partial charge in [0.1, 0.15) is 12.4 Å². The Bertz CT molecular complexity index is 1950. The van der Waals surface area contributed by atoms with Crippen LogP contribution in [0.3, 0.4) is 0 Å². The molecule has 8 nitrogen and oxygen atoms in total. The molecule has 3 aromatic heterocycles. The number of benzene rings is 2. The fourth-order valence-electron chi connectivity index (χ4n) is 6.16.